The summed E-state index contributed by atoms with van der Waals surface area (Å²) in [6, 6.07) is 19.7. The first-order valence-corrected chi connectivity index (χ1v) is 12.8. The quantitative estimate of drug-likeness (QED) is 0.294. The number of carbonyl (C=O) groups is 1. The average Bonchev–Trinajstić information content (AvgIpc) is 3.40. The fraction of sp³-hybridized carbons (Fsp3) is 0.233. The van der Waals surface area contributed by atoms with Crippen molar-refractivity contribution in [1.82, 2.24) is 14.8 Å². The smallest absolute Gasteiger partial charge is 0.255 e. The highest BCUT2D eigenvalue weighted by Crippen LogP contribution is 2.41. The zero-order valence-electron chi connectivity index (χ0n) is 23.0. The SMILES string of the molecule is CCOc1ccccc1C1C(C(=O)Nc2ccccc2OC)=C(C)Nc2nc(-c3cc(OC)cc(OC)c3)nn21. The Morgan fingerprint density at radius 2 is 1.62 bits per heavy atom. The zero-order valence-corrected chi connectivity index (χ0v) is 23.0. The van der Waals surface area contributed by atoms with Crippen molar-refractivity contribution in [3.63, 3.8) is 0 Å². The van der Waals surface area contributed by atoms with E-state index in [1.165, 1.54) is 0 Å². The molecule has 10 heteroatoms. The van der Waals surface area contributed by atoms with Crippen molar-refractivity contribution in [3.8, 4) is 34.4 Å². The summed E-state index contributed by atoms with van der Waals surface area (Å²) in [5, 5.41) is 11.2. The summed E-state index contributed by atoms with van der Waals surface area (Å²) in [5.74, 6) is 3.05. The Kier molecular flexibility index (Phi) is 7.59. The highest BCUT2D eigenvalue weighted by Gasteiger charge is 2.36. The maximum absolute atomic E-state index is 14.0. The minimum atomic E-state index is -0.637. The molecular formula is C30H31N5O5. The first-order valence-electron chi connectivity index (χ1n) is 12.8. The Bertz CT molecular complexity index is 1560. The molecule has 206 valence electrons. The number of ether oxygens (including phenoxy) is 4. The van der Waals surface area contributed by atoms with E-state index >= 15 is 0 Å². The van der Waals surface area contributed by atoms with Gasteiger partial charge in [0.05, 0.1) is 39.2 Å². The molecule has 0 saturated carbocycles. The number of benzene rings is 3. The summed E-state index contributed by atoms with van der Waals surface area (Å²) in [6.07, 6.45) is 0. The van der Waals surface area contributed by atoms with Crippen LogP contribution in [0.4, 0.5) is 11.6 Å². The highest BCUT2D eigenvalue weighted by molar-refractivity contribution is 6.06. The maximum Gasteiger partial charge on any atom is 0.255 e. The molecule has 1 unspecified atom stereocenters. The summed E-state index contributed by atoms with van der Waals surface area (Å²) in [6.45, 7) is 4.23. The van der Waals surface area contributed by atoms with Gasteiger partial charge >= 0.3 is 0 Å². The molecule has 1 aromatic heterocycles. The molecule has 10 nitrogen and oxygen atoms in total. The minimum Gasteiger partial charge on any atom is -0.497 e. The van der Waals surface area contributed by atoms with Gasteiger partial charge < -0.3 is 29.6 Å². The Labute approximate surface area is 232 Å². The molecule has 3 aromatic carbocycles. The summed E-state index contributed by atoms with van der Waals surface area (Å²) < 4.78 is 24.1. The molecule has 0 bridgehead atoms. The second-order valence-corrected chi connectivity index (χ2v) is 9.00. The van der Waals surface area contributed by atoms with E-state index in [1.807, 2.05) is 62.4 Å². The molecule has 1 atom stereocenters. The molecule has 0 radical (unpaired) electrons. The predicted octanol–water partition coefficient (Wildman–Crippen LogP) is 5.30. The fourth-order valence-corrected chi connectivity index (χ4v) is 4.72. The Hall–Kier alpha value is -4.99. The zero-order chi connectivity index (χ0) is 28.2. The standard InChI is InChI=1S/C30H31N5O5/c1-6-40-24-13-9-7-11-22(24)27-26(29(36)32-23-12-8-10-14-25(23)39-5)18(2)31-30-33-28(34-35(27)30)19-15-20(37-3)17-21(16-19)38-4/h7-17,27H,6H2,1-5H3,(H,32,36)(H,31,33,34). The molecule has 1 aliphatic heterocycles. The third-order valence-corrected chi connectivity index (χ3v) is 6.58. The number of anilines is 2. The molecule has 1 aliphatic rings. The van der Waals surface area contributed by atoms with Crippen LogP contribution in [0.1, 0.15) is 25.5 Å². The van der Waals surface area contributed by atoms with Crippen LogP contribution in [0.5, 0.6) is 23.0 Å². The second-order valence-electron chi connectivity index (χ2n) is 9.00. The van der Waals surface area contributed by atoms with Gasteiger partial charge in [-0.3, -0.25) is 4.79 Å². The number of amides is 1. The number of aromatic nitrogens is 3. The van der Waals surface area contributed by atoms with E-state index in [-0.39, 0.29) is 5.91 Å². The second kappa shape index (κ2) is 11.4. The molecule has 0 aliphatic carbocycles. The lowest BCUT2D eigenvalue weighted by atomic mass is 9.94. The minimum absolute atomic E-state index is 0.309. The molecule has 0 saturated heterocycles. The number of allylic oxidation sites excluding steroid dienone is 1. The van der Waals surface area contributed by atoms with E-state index in [0.29, 0.717) is 63.9 Å². The largest absolute Gasteiger partial charge is 0.497 e. The van der Waals surface area contributed by atoms with E-state index in [9.17, 15) is 4.79 Å². The molecule has 0 spiro atoms. The van der Waals surface area contributed by atoms with Crippen LogP contribution in [0.3, 0.4) is 0 Å². The van der Waals surface area contributed by atoms with Crippen LogP contribution in [0.15, 0.2) is 78.0 Å². The lowest BCUT2D eigenvalue weighted by molar-refractivity contribution is -0.113. The molecule has 1 amide bonds. The van der Waals surface area contributed by atoms with Gasteiger partial charge in [0.15, 0.2) is 5.82 Å². The predicted molar refractivity (Wildman–Crippen MR) is 152 cm³/mol. The van der Waals surface area contributed by atoms with Crippen molar-refractivity contribution >= 4 is 17.5 Å². The summed E-state index contributed by atoms with van der Waals surface area (Å²) in [7, 11) is 4.74. The molecule has 2 N–H and O–H groups in total. The number of methoxy groups -OCH3 is 3. The van der Waals surface area contributed by atoms with Crippen molar-refractivity contribution < 1.29 is 23.7 Å². The number of nitrogens with one attached hydrogen (secondary N) is 2. The van der Waals surface area contributed by atoms with Crippen LogP contribution in [0.25, 0.3) is 11.4 Å². The number of hydrogen-bond donors (Lipinski definition) is 2. The van der Waals surface area contributed by atoms with Gasteiger partial charge in [-0.05, 0) is 44.2 Å². The molecule has 4 aromatic rings. The van der Waals surface area contributed by atoms with Gasteiger partial charge in [0, 0.05) is 22.9 Å². The molecule has 0 fully saturated rings. The summed E-state index contributed by atoms with van der Waals surface area (Å²) in [5.41, 5.74) is 3.13. The summed E-state index contributed by atoms with van der Waals surface area (Å²) in [4.78, 5) is 18.7. The molecule has 2 heterocycles. The molecule has 5 rings (SSSR count). The first kappa shape index (κ1) is 26.6. The van der Waals surface area contributed by atoms with Crippen LogP contribution in [-0.2, 0) is 4.79 Å². The van der Waals surface area contributed by atoms with Gasteiger partial charge in [-0.25, -0.2) is 4.68 Å². The Morgan fingerprint density at radius 3 is 2.30 bits per heavy atom. The van der Waals surface area contributed by atoms with Gasteiger partial charge in [0.25, 0.3) is 5.91 Å². The number of rotatable bonds is 9. The van der Waals surface area contributed by atoms with Gasteiger partial charge in [0.1, 0.15) is 29.0 Å². The third kappa shape index (κ3) is 5.03. The number of para-hydroxylation sites is 3. The van der Waals surface area contributed by atoms with Crippen LogP contribution in [0, 0.1) is 0 Å². The third-order valence-electron chi connectivity index (χ3n) is 6.58. The number of fused-ring (bicyclic) bond motifs is 1. The molecule has 40 heavy (non-hydrogen) atoms. The van der Waals surface area contributed by atoms with Crippen LogP contribution >= 0.6 is 0 Å². The number of nitrogens with zero attached hydrogens (tertiary/aromatic N) is 3. The first-order chi connectivity index (χ1) is 19.5. The van der Waals surface area contributed by atoms with Gasteiger partial charge in [-0.2, -0.15) is 4.98 Å². The van der Waals surface area contributed by atoms with Crippen molar-refractivity contribution in [3.05, 3.63) is 83.6 Å². The summed E-state index contributed by atoms with van der Waals surface area (Å²) >= 11 is 0. The maximum atomic E-state index is 14.0. The van der Waals surface area contributed by atoms with E-state index < -0.39 is 6.04 Å². The van der Waals surface area contributed by atoms with Crippen molar-refractivity contribution in [2.24, 2.45) is 0 Å². The number of carbonyl (C=O) groups excluding carboxylic acids is 1. The average molecular weight is 542 g/mol. The van der Waals surface area contributed by atoms with Gasteiger partial charge in [-0.15, -0.1) is 5.10 Å². The normalized spacial score (nSPS) is 14.2. The van der Waals surface area contributed by atoms with E-state index in [1.54, 1.807) is 44.2 Å². The van der Waals surface area contributed by atoms with Crippen LogP contribution in [-0.4, -0.2) is 48.6 Å². The monoisotopic (exact) mass is 541 g/mol. The number of hydrogen-bond acceptors (Lipinski definition) is 8. The van der Waals surface area contributed by atoms with E-state index in [0.717, 1.165) is 5.56 Å². The topological polar surface area (TPSA) is 109 Å². The van der Waals surface area contributed by atoms with Crippen molar-refractivity contribution in [2.45, 2.75) is 19.9 Å². The van der Waals surface area contributed by atoms with Crippen molar-refractivity contribution in [1.29, 1.82) is 0 Å². The van der Waals surface area contributed by atoms with Crippen LogP contribution in [0.2, 0.25) is 0 Å². The fourth-order valence-electron chi connectivity index (χ4n) is 4.72. The van der Waals surface area contributed by atoms with Crippen LogP contribution < -0.4 is 29.6 Å². The Balaban J connectivity index is 1.64. The lowest BCUT2D eigenvalue weighted by Crippen LogP contribution is -2.31. The van der Waals surface area contributed by atoms with Gasteiger partial charge in [0.2, 0.25) is 5.95 Å². The van der Waals surface area contributed by atoms with E-state index in [2.05, 4.69) is 10.6 Å². The van der Waals surface area contributed by atoms with E-state index in [4.69, 9.17) is 29.0 Å². The lowest BCUT2D eigenvalue weighted by Gasteiger charge is -2.29. The Morgan fingerprint density at radius 1 is 0.950 bits per heavy atom. The highest BCUT2D eigenvalue weighted by atomic mass is 16.5. The molecular weight excluding hydrogens is 510 g/mol. The van der Waals surface area contributed by atoms with Gasteiger partial charge in [-0.1, -0.05) is 30.3 Å². The van der Waals surface area contributed by atoms with Crippen molar-refractivity contribution in [2.75, 3.05) is 38.6 Å².